The van der Waals surface area contributed by atoms with E-state index >= 15 is 0 Å². The van der Waals surface area contributed by atoms with Crippen LogP contribution in [0.4, 0.5) is 5.69 Å². The quantitative estimate of drug-likeness (QED) is 0.810. The third kappa shape index (κ3) is 3.55. The Hall–Kier alpha value is -1.57. The van der Waals surface area contributed by atoms with Crippen LogP contribution in [-0.2, 0) is 16.6 Å². The van der Waals surface area contributed by atoms with Gasteiger partial charge in [0, 0.05) is 18.1 Å². The molecule has 0 radical (unpaired) electrons. The normalized spacial score (nSPS) is 11.8. The molecule has 0 unspecified atom stereocenters. The molecule has 2 aromatic carbocycles. The number of rotatable bonds is 4. The van der Waals surface area contributed by atoms with E-state index in [2.05, 4.69) is 15.9 Å². The molecule has 0 aliphatic heterocycles. The Morgan fingerprint density at radius 2 is 1.95 bits per heavy atom. The van der Waals surface area contributed by atoms with Gasteiger partial charge in [-0.1, -0.05) is 28.1 Å². The summed E-state index contributed by atoms with van der Waals surface area (Å²) >= 11 is 3.25. The lowest BCUT2D eigenvalue weighted by Gasteiger charge is -2.18. The van der Waals surface area contributed by atoms with Crippen molar-refractivity contribution in [1.82, 2.24) is 4.31 Å². The van der Waals surface area contributed by atoms with Gasteiger partial charge in [-0.2, -0.15) is 4.31 Å². The van der Waals surface area contributed by atoms with Crippen LogP contribution in [0.25, 0.3) is 0 Å². The lowest BCUT2D eigenvalue weighted by molar-refractivity contribution is 0.458. The molecule has 0 amide bonds. The van der Waals surface area contributed by atoms with Gasteiger partial charge in [-0.05, 0) is 35.9 Å². The standard InChI is InChI=1S/C14H15BrN2O3S/c1-17(9-10-3-2-4-12(18)7-10)21(19,20)14-6-5-11(15)8-13(14)16/h2-8,18H,9,16H2,1H3. The average Bonchev–Trinajstić information content (AvgIpc) is 2.38. The van der Waals surface area contributed by atoms with E-state index in [1.807, 2.05) is 0 Å². The Balaban J connectivity index is 2.30. The van der Waals surface area contributed by atoms with Gasteiger partial charge in [-0.3, -0.25) is 0 Å². The number of aromatic hydroxyl groups is 1. The molecule has 0 fully saturated rings. The summed E-state index contributed by atoms with van der Waals surface area (Å²) in [6, 6.07) is 11.1. The minimum atomic E-state index is -3.69. The molecule has 21 heavy (non-hydrogen) atoms. The molecule has 0 aromatic heterocycles. The fourth-order valence-corrected chi connectivity index (χ4v) is 3.55. The number of hydrogen-bond acceptors (Lipinski definition) is 4. The van der Waals surface area contributed by atoms with Crippen LogP contribution < -0.4 is 5.73 Å². The van der Waals surface area contributed by atoms with E-state index < -0.39 is 10.0 Å². The van der Waals surface area contributed by atoms with Crippen molar-refractivity contribution in [2.75, 3.05) is 12.8 Å². The Morgan fingerprint density at radius 1 is 1.24 bits per heavy atom. The predicted molar refractivity (Wildman–Crippen MR) is 85.3 cm³/mol. The number of hydrogen-bond donors (Lipinski definition) is 2. The van der Waals surface area contributed by atoms with Gasteiger partial charge < -0.3 is 10.8 Å². The Morgan fingerprint density at radius 3 is 2.57 bits per heavy atom. The summed E-state index contributed by atoms with van der Waals surface area (Å²) in [7, 11) is -2.22. The molecule has 0 saturated carbocycles. The fourth-order valence-electron chi connectivity index (χ4n) is 1.92. The van der Waals surface area contributed by atoms with E-state index in [9.17, 15) is 13.5 Å². The Labute approximate surface area is 132 Å². The molecule has 0 atom stereocenters. The lowest BCUT2D eigenvalue weighted by Crippen LogP contribution is -2.27. The maximum absolute atomic E-state index is 12.5. The second-order valence-corrected chi connectivity index (χ2v) is 7.54. The van der Waals surface area contributed by atoms with E-state index in [4.69, 9.17) is 5.73 Å². The number of benzene rings is 2. The zero-order valence-corrected chi connectivity index (χ0v) is 13.7. The fraction of sp³-hybridized carbons (Fsp3) is 0.143. The highest BCUT2D eigenvalue weighted by Gasteiger charge is 2.23. The predicted octanol–water partition coefficient (Wildman–Crippen LogP) is 2.56. The first-order valence-corrected chi connectivity index (χ1v) is 8.33. The van der Waals surface area contributed by atoms with Crippen LogP contribution in [0.5, 0.6) is 5.75 Å². The van der Waals surface area contributed by atoms with Crippen LogP contribution in [0.15, 0.2) is 51.8 Å². The van der Waals surface area contributed by atoms with Gasteiger partial charge in [-0.15, -0.1) is 0 Å². The first-order valence-electron chi connectivity index (χ1n) is 6.10. The summed E-state index contributed by atoms with van der Waals surface area (Å²) in [5, 5.41) is 9.43. The van der Waals surface area contributed by atoms with E-state index in [1.165, 1.54) is 29.6 Å². The first kappa shape index (κ1) is 15.8. The zero-order valence-electron chi connectivity index (χ0n) is 11.3. The van der Waals surface area contributed by atoms with Crippen molar-refractivity contribution in [3.8, 4) is 5.75 Å². The van der Waals surface area contributed by atoms with Gasteiger partial charge >= 0.3 is 0 Å². The van der Waals surface area contributed by atoms with E-state index in [0.717, 1.165) is 4.47 Å². The smallest absolute Gasteiger partial charge is 0.245 e. The minimum absolute atomic E-state index is 0.0633. The molecule has 5 nitrogen and oxygen atoms in total. The molecule has 7 heteroatoms. The van der Waals surface area contributed by atoms with Crippen molar-refractivity contribution in [1.29, 1.82) is 0 Å². The number of halogens is 1. The summed E-state index contributed by atoms with van der Waals surface area (Å²) in [5.41, 5.74) is 6.67. The maximum atomic E-state index is 12.5. The van der Waals surface area contributed by atoms with Crippen LogP contribution in [-0.4, -0.2) is 24.9 Å². The van der Waals surface area contributed by atoms with Crippen molar-refractivity contribution in [3.05, 3.63) is 52.5 Å². The van der Waals surface area contributed by atoms with Crippen molar-refractivity contribution < 1.29 is 13.5 Å². The molecule has 2 rings (SSSR count). The molecule has 3 N–H and O–H groups in total. The van der Waals surface area contributed by atoms with Crippen LogP contribution in [0, 0.1) is 0 Å². The van der Waals surface area contributed by atoms with Crippen molar-refractivity contribution in [2.24, 2.45) is 0 Å². The maximum Gasteiger partial charge on any atom is 0.245 e. The van der Waals surface area contributed by atoms with Gasteiger partial charge in [0.1, 0.15) is 10.6 Å². The summed E-state index contributed by atoms with van der Waals surface area (Å²) in [5.74, 6) is 0.0986. The highest BCUT2D eigenvalue weighted by atomic mass is 79.9. The van der Waals surface area contributed by atoms with E-state index in [1.54, 1.807) is 24.3 Å². The van der Waals surface area contributed by atoms with Crippen LogP contribution in [0.2, 0.25) is 0 Å². The van der Waals surface area contributed by atoms with Gasteiger partial charge in [0.05, 0.1) is 5.69 Å². The largest absolute Gasteiger partial charge is 0.508 e. The topological polar surface area (TPSA) is 83.6 Å². The van der Waals surface area contributed by atoms with E-state index in [-0.39, 0.29) is 22.9 Å². The third-order valence-electron chi connectivity index (χ3n) is 2.98. The monoisotopic (exact) mass is 370 g/mol. The van der Waals surface area contributed by atoms with Gasteiger partial charge in [-0.25, -0.2) is 8.42 Å². The molecule has 0 aliphatic rings. The molecule has 2 aromatic rings. The van der Waals surface area contributed by atoms with Crippen LogP contribution in [0.1, 0.15) is 5.56 Å². The third-order valence-corrected chi connectivity index (χ3v) is 5.35. The number of anilines is 1. The zero-order chi connectivity index (χ0) is 15.6. The molecule has 112 valence electrons. The van der Waals surface area contributed by atoms with Gasteiger partial charge in [0.2, 0.25) is 10.0 Å². The number of nitrogen functional groups attached to an aromatic ring is 1. The molecule has 0 saturated heterocycles. The Kier molecular flexibility index (Phi) is 4.55. The number of nitrogens with two attached hydrogens (primary N) is 1. The second kappa shape index (κ2) is 6.05. The number of nitrogens with zero attached hydrogens (tertiary/aromatic N) is 1. The van der Waals surface area contributed by atoms with Crippen molar-refractivity contribution >= 4 is 31.6 Å². The molecule has 0 bridgehead atoms. The summed E-state index contributed by atoms with van der Waals surface area (Å²) in [6.07, 6.45) is 0. The highest BCUT2D eigenvalue weighted by Crippen LogP contribution is 2.26. The SMILES string of the molecule is CN(Cc1cccc(O)c1)S(=O)(=O)c1ccc(Br)cc1N. The molecule has 0 heterocycles. The Bertz CT molecular complexity index is 763. The number of phenolic OH excluding ortho intramolecular Hbond substituents is 1. The molecule has 0 spiro atoms. The number of phenols is 1. The summed E-state index contributed by atoms with van der Waals surface area (Å²) in [4.78, 5) is 0.0633. The molecule has 0 aliphatic carbocycles. The number of sulfonamides is 1. The summed E-state index contributed by atoms with van der Waals surface area (Å²) in [6.45, 7) is 0.145. The van der Waals surface area contributed by atoms with Crippen LogP contribution >= 0.6 is 15.9 Å². The lowest BCUT2D eigenvalue weighted by atomic mass is 10.2. The highest BCUT2D eigenvalue weighted by molar-refractivity contribution is 9.10. The first-order chi connectivity index (χ1) is 9.80. The van der Waals surface area contributed by atoms with Gasteiger partial charge in [0.15, 0.2) is 0 Å². The van der Waals surface area contributed by atoms with Crippen molar-refractivity contribution in [3.63, 3.8) is 0 Å². The average molecular weight is 371 g/mol. The minimum Gasteiger partial charge on any atom is -0.508 e. The van der Waals surface area contributed by atoms with Crippen molar-refractivity contribution in [2.45, 2.75) is 11.4 Å². The van der Waals surface area contributed by atoms with Gasteiger partial charge in [0.25, 0.3) is 0 Å². The van der Waals surface area contributed by atoms with Crippen LogP contribution in [0.3, 0.4) is 0 Å². The molecular formula is C14H15BrN2O3S. The van der Waals surface area contributed by atoms with E-state index in [0.29, 0.717) is 5.56 Å². The molecular weight excluding hydrogens is 356 g/mol. The second-order valence-electron chi connectivity index (χ2n) is 4.61. The summed E-state index contributed by atoms with van der Waals surface area (Å²) < 4.78 is 27.0.